The molecule has 9 heteroatoms. The Hall–Kier alpha value is -2.80. The van der Waals surface area contributed by atoms with Crippen LogP contribution in [0.4, 0.5) is 0 Å². The Bertz CT molecular complexity index is 1060. The maximum absolute atomic E-state index is 11.9. The first-order valence-corrected chi connectivity index (χ1v) is 9.47. The van der Waals surface area contributed by atoms with Crippen molar-refractivity contribution < 1.29 is 14.0 Å². The third-order valence-corrected chi connectivity index (χ3v) is 4.53. The van der Waals surface area contributed by atoms with Crippen LogP contribution in [0.25, 0.3) is 11.3 Å². The van der Waals surface area contributed by atoms with Crippen molar-refractivity contribution >= 4 is 52.8 Å². The van der Waals surface area contributed by atoms with Gasteiger partial charge in [0.25, 0.3) is 11.8 Å². The van der Waals surface area contributed by atoms with Gasteiger partial charge in [0.2, 0.25) is 0 Å². The number of hydrogen-bond donors (Lipinski definition) is 2. The maximum atomic E-state index is 11.9. The van der Waals surface area contributed by atoms with Gasteiger partial charge in [-0.1, -0.05) is 34.8 Å². The topological polar surface area (TPSA) is 83.7 Å². The van der Waals surface area contributed by atoms with Gasteiger partial charge in [0, 0.05) is 21.2 Å². The fourth-order valence-electron chi connectivity index (χ4n) is 2.32. The maximum Gasteiger partial charge on any atom is 0.259 e. The van der Waals surface area contributed by atoms with E-state index in [9.17, 15) is 9.59 Å². The smallest absolute Gasteiger partial charge is 0.259 e. The number of carbonyl (C=O) groups excluding carboxylic acids is 2. The molecule has 3 aromatic rings. The standard InChI is InChI=1S/C20H14Cl3N3O3/c21-13-3-1-12(2-4-13)20(28)24-11-19(27)26-25-10-15-6-8-18(29-15)16-9-14(22)5-7-17(16)23/h1-10H,11H2,(H,24,28)(H,26,27). The van der Waals surface area contributed by atoms with E-state index in [1.54, 1.807) is 54.6 Å². The van der Waals surface area contributed by atoms with Gasteiger partial charge in [-0.25, -0.2) is 5.43 Å². The highest BCUT2D eigenvalue weighted by Crippen LogP contribution is 2.31. The molecule has 1 aromatic heterocycles. The molecule has 0 spiro atoms. The third-order valence-electron chi connectivity index (χ3n) is 3.72. The van der Waals surface area contributed by atoms with Crippen molar-refractivity contribution in [2.75, 3.05) is 6.54 Å². The number of nitrogens with one attached hydrogen (secondary N) is 2. The predicted octanol–water partition coefficient (Wildman–Crippen LogP) is 4.79. The summed E-state index contributed by atoms with van der Waals surface area (Å²) < 4.78 is 5.63. The van der Waals surface area contributed by atoms with Crippen molar-refractivity contribution in [2.45, 2.75) is 0 Å². The molecule has 0 saturated heterocycles. The molecule has 0 aliphatic heterocycles. The number of furan rings is 1. The average Bonchev–Trinajstić information content (AvgIpc) is 3.17. The van der Waals surface area contributed by atoms with Gasteiger partial charge in [-0.2, -0.15) is 5.10 Å². The molecule has 0 unspecified atom stereocenters. The van der Waals surface area contributed by atoms with E-state index in [-0.39, 0.29) is 6.54 Å². The van der Waals surface area contributed by atoms with Crippen molar-refractivity contribution in [3.05, 3.63) is 81.0 Å². The van der Waals surface area contributed by atoms with E-state index in [1.807, 2.05) is 0 Å². The van der Waals surface area contributed by atoms with Crippen LogP contribution in [0.15, 0.2) is 64.1 Å². The average molecular weight is 451 g/mol. The third kappa shape index (κ3) is 5.84. The van der Waals surface area contributed by atoms with Crippen LogP contribution in [0.2, 0.25) is 15.1 Å². The summed E-state index contributed by atoms with van der Waals surface area (Å²) in [6, 6.07) is 14.7. The van der Waals surface area contributed by atoms with Crippen molar-refractivity contribution in [2.24, 2.45) is 5.10 Å². The lowest BCUT2D eigenvalue weighted by molar-refractivity contribution is -0.120. The van der Waals surface area contributed by atoms with E-state index in [2.05, 4.69) is 15.8 Å². The Morgan fingerprint density at radius 3 is 2.45 bits per heavy atom. The lowest BCUT2D eigenvalue weighted by atomic mass is 10.2. The van der Waals surface area contributed by atoms with E-state index in [1.165, 1.54) is 6.21 Å². The molecule has 29 heavy (non-hydrogen) atoms. The highest BCUT2D eigenvalue weighted by Gasteiger charge is 2.10. The summed E-state index contributed by atoms with van der Waals surface area (Å²) in [6.45, 7) is -0.236. The number of halogens is 3. The number of hydrogen-bond acceptors (Lipinski definition) is 4. The molecule has 2 amide bonds. The summed E-state index contributed by atoms with van der Waals surface area (Å²) in [7, 11) is 0. The summed E-state index contributed by atoms with van der Waals surface area (Å²) >= 11 is 17.9. The highest BCUT2D eigenvalue weighted by atomic mass is 35.5. The molecule has 6 nitrogen and oxygen atoms in total. The van der Waals surface area contributed by atoms with Gasteiger partial charge >= 0.3 is 0 Å². The zero-order valence-corrected chi connectivity index (χ0v) is 17.1. The molecular formula is C20H14Cl3N3O3. The Morgan fingerprint density at radius 2 is 1.69 bits per heavy atom. The first kappa shape index (κ1) is 20.9. The van der Waals surface area contributed by atoms with E-state index in [4.69, 9.17) is 39.2 Å². The van der Waals surface area contributed by atoms with E-state index in [0.717, 1.165) is 0 Å². The summed E-state index contributed by atoms with van der Waals surface area (Å²) in [6.07, 6.45) is 1.33. The molecule has 0 atom stereocenters. The lowest BCUT2D eigenvalue weighted by Crippen LogP contribution is -2.34. The monoisotopic (exact) mass is 449 g/mol. The van der Waals surface area contributed by atoms with Crippen LogP contribution in [0.1, 0.15) is 16.1 Å². The second-order valence-corrected chi connectivity index (χ2v) is 7.09. The van der Waals surface area contributed by atoms with Gasteiger partial charge in [-0.15, -0.1) is 0 Å². The molecule has 148 valence electrons. The summed E-state index contributed by atoms with van der Waals surface area (Å²) in [5, 5.41) is 7.84. The molecule has 0 saturated carbocycles. The van der Waals surface area contributed by atoms with Crippen molar-refractivity contribution in [3.8, 4) is 11.3 Å². The first-order valence-electron chi connectivity index (χ1n) is 8.33. The Balaban J connectivity index is 1.51. The lowest BCUT2D eigenvalue weighted by Gasteiger charge is -2.04. The number of rotatable bonds is 6. The van der Waals surface area contributed by atoms with E-state index in [0.29, 0.717) is 37.7 Å². The quantitative estimate of drug-likeness (QED) is 0.418. The number of hydrazone groups is 1. The van der Waals surface area contributed by atoms with Crippen molar-refractivity contribution in [3.63, 3.8) is 0 Å². The second-order valence-electron chi connectivity index (χ2n) is 5.81. The van der Waals surface area contributed by atoms with Crippen LogP contribution in [0.5, 0.6) is 0 Å². The number of nitrogens with zero attached hydrogens (tertiary/aromatic N) is 1. The summed E-state index contributed by atoms with van der Waals surface area (Å²) in [5.41, 5.74) is 3.35. The molecule has 0 bridgehead atoms. The second kappa shape index (κ2) is 9.60. The van der Waals surface area contributed by atoms with E-state index >= 15 is 0 Å². The minimum atomic E-state index is -0.492. The summed E-state index contributed by atoms with van der Waals surface area (Å²) in [4.78, 5) is 23.7. The minimum Gasteiger partial charge on any atom is -0.455 e. The van der Waals surface area contributed by atoms with Gasteiger partial charge in [0.1, 0.15) is 11.5 Å². The Morgan fingerprint density at radius 1 is 0.966 bits per heavy atom. The number of carbonyl (C=O) groups is 2. The highest BCUT2D eigenvalue weighted by molar-refractivity contribution is 6.35. The molecule has 3 rings (SSSR count). The summed E-state index contributed by atoms with van der Waals surface area (Å²) in [5.74, 6) is 0.0325. The SMILES string of the molecule is O=C(CNC(=O)c1ccc(Cl)cc1)NN=Cc1ccc(-c2cc(Cl)ccc2Cl)o1. The van der Waals surface area contributed by atoms with Gasteiger partial charge in [-0.3, -0.25) is 9.59 Å². The largest absolute Gasteiger partial charge is 0.455 e. The molecule has 0 aliphatic rings. The molecule has 0 radical (unpaired) electrons. The van der Waals surface area contributed by atoms with Crippen LogP contribution in [0, 0.1) is 0 Å². The zero-order valence-electron chi connectivity index (χ0n) is 14.8. The van der Waals surface area contributed by atoms with Crippen LogP contribution in [0.3, 0.4) is 0 Å². The Labute approximate surface area is 181 Å². The molecule has 0 aliphatic carbocycles. The molecular weight excluding hydrogens is 437 g/mol. The molecule has 2 N–H and O–H groups in total. The van der Waals surface area contributed by atoms with Crippen LogP contribution >= 0.6 is 34.8 Å². The van der Waals surface area contributed by atoms with Crippen molar-refractivity contribution in [1.82, 2.24) is 10.7 Å². The normalized spacial score (nSPS) is 10.9. The number of amides is 2. The van der Waals surface area contributed by atoms with Crippen LogP contribution in [-0.4, -0.2) is 24.6 Å². The molecule has 0 fully saturated rings. The van der Waals surface area contributed by atoms with Crippen LogP contribution < -0.4 is 10.7 Å². The van der Waals surface area contributed by atoms with Crippen molar-refractivity contribution in [1.29, 1.82) is 0 Å². The molecule has 1 heterocycles. The Kier molecular flexibility index (Phi) is 6.93. The minimum absolute atomic E-state index is 0.236. The zero-order chi connectivity index (χ0) is 20.8. The fraction of sp³-hybridized carbons (Fsp3) is 0.0500. The number of benzene rings is 2. The van der Waals surface area contributed by atoms with Gasteiger partial charge in [0.05, 0.1) is 17.8 Å². The molecule has 2 aromatic carbocycles. The predicted molar refractivity (Wildman–Crippen MR) is 114 cm³/mol. The van der Waals surface area contributed by atoms with Gasteiger partial charge in [-0.05, 0) is 54.6 Å². The van der Waals surface area contributed by atoms with E-state index < -0.39 is 11.8 Å². The fourth-order valence-corrected chi connectivity index (χ4v) is 2.83. The first-order chi connectivity index (χ1) is 13.9. The van der Waals surface area contributed by atoms with Gasteiger partial charge < -0.3 is 9.73 Å². The van der Waals surface area contributed by atoms with Gasteiger partial charge in [0.15, 0.2) is 0 Å². The van der Waals surface area contributed by atoms with Crippen LogP contribution in [-0.2, 0) is 4.79 Å².